The van der Waals surface area contributed by atoms with Crippen LogP contribution in [0.2, 0.25) is 0 Å². The fourth-order valence-corrected chi connectivity index (χ4v) is 1.34. The van der Waals surface area contributed by atoms with Gasteiger partial charge in [0, 0.05) is 25.8 Å². The number of benzene rings is 1. The first kappa shape index (κ1) is 14.2. The average molecular weight is 251 g/mol. The number of nitrogen functional groups attached to an aromatic ring is 1. The lowest BCUT2D eigenvalue weighted by Crippen LogP contribution is -2.28. The molecule has 5 heteroatoms. The number of hydrogen-bond donors (Lipinski definition) is 2. The zero-order valence-corrected chi connectivity index (χ0v) is 11.4. The Morgan fingerprint density at radius 1 is 1.44 bits per heavy atom. The van der Waals surface area contributed by atoms with Crippen LogP contribution >= 0.6 is 0 Å². The molecule has 18 heavy (non-hydrogen) atoms. The van der Waals surface area contributed by atoms with E-state index in [1.807, 2.05) is 19.9 Å². The first-order chi connectivity index (χ1) is 8.40. The van der Waals surface area contributed by atoms with Crippen molar-refractivity contribution in [3.8, 4) is 5.75 Å². The van der Waals surface area contributed by atoms with E-state index in [2.05, 4.69) is 5.32 Å². The van der Waals surface area contributed by atoms with Crippen LogP contribution in [0.3, 0.4) is 0 Å². The highest BCUT2D eigenvalue weighted by atomic mass is 16.5. The third-order valence-electron chi connectivity index (χ3n) is 2.32. The molecule has 1 aromatic carbocycles. The van der Waals surface area contributed by atoms with Gasteiger partial charge in [0.15, 0.2) is 0 Å². The predicted molar refractivity (Wildman–Crippen MR) is 73.8 cm³/mol. The summed E-state index contributed by atoms with van der Waals surface area (Å²) in [5.74, 6) is 0.644. The maximum absolute atomic E-state index is 11.5. The van der Waals surface area contributed by atoms with Gasteiger partial charge in [0.2, 0.25) is 5.91 Å². The fraction of sp³-hybridized carbons (Fsp3) is 0.462. The second kappa shape index (κ2) is 6.14. The lowest BCUT2D eigenvalue weighted by molar-refractivity contribution is -0.126. The van der Waals surface area contributed by atoms with E-state index in [1.54, 1.807) is 26.2 Å². The van der Waals surface area contributed by atoms with Crippen LogP contribution in [0.5, 0.6) is 5.75 Å². The summed E-state index contributed by atoms with van der Waals surface area (Å²) in [7, 11) is 3.45. The van der Waals surface area contributed by atoms with Gasteiger partial charge in [-0.2, -0.15) is 0 Å². The first-order valence-electron chi connectivity index (χ1n) is 5.90. The van der Waals surface area contributed by atoms with Crippen molar-refractivity contribution in [2.45, 2.75) is 20.0 Å². The number of nitrogens with one attached hydrogen (secondary N) is 1. The number of likely N-dealkylation sites (N-methyl/N-ethyl adjacent to an activating group) is 1. The van der Waals surface area contributed by atoms with Crippen LogP contribution in [0, 0.1) is 0 Å². The summed E-state index contributed by atoms with van der Waals surface area (Å²) < 4.78 is 5.58. The Bertz CT molecular complexity index is 417. The summed E-state index contributed by atoms with van der Waals surface area (Å²) in [6.07, 6.45) is 0.0611. The van der Waals surface area contributed by atoms with Crippen LogP contribution < -0.4 is 15.8 Å². The van der Waals surface area contributed by atoms with E-state index < -0.39 is 0 Å². The van der Waals surface area contributed by atoms with Gasteiger partial charge in [0.05, 0.1) is 18.3 Å². The average Bonchev–Trinajstić information content (AvgIpc) is 2.28. The van der Waals surface area contributed by atoms with Crippen molar-refractivity contribution in [3.05, 3.63) is 18.2 Å². The topological polar surface area (TPSA) is 67.6 Å². The molecule has 3 N–H and O–H groups in total. The molecule has 0 bridgehead atoms. The zero-order chi connectivity index (χ0) is 13.7. The number of carbonyl (C=O) groups is 1. The van der Waals surface area contributed by atoms with Crippen molar-refractivity contribution < 1.29 is 9.53 Å². The largest absolute Gasteiger partial charge is 0.489 e. The fourth-order valence-electron chi connectivity index (χ4n) is 1.34. The van der Waals surface area contributed by atoms with E-state index in [1.165, 1.54) is 4.90 Å². The molecular formula is C13H21N3O2. The van der Waals surface area contributed by atoms with Gasteiger partial charge in [-0.3, -0.25) is 4.79 Å². The number of carbonyl (C=O) groups excluding carboxylic acids is 1. The summed E-state index contributed by atoms with van der Waals surface area (Å²) in [4.78, 5) is 13.0. The van der Waals surface area contributed by atoms with Crippen molar-refractivity contribution >= 4 is 17.3 Å². The van der Waals surface area contributed by atoms with Crippen molar-refractivity contribution in [1.29, 1.82) is 0 Å². The minimum absolute atomic E-state index is 0.0122. The Kier molecular flexibility index (Phi) is 4.83. The molecule has 0 unspecified atom stereocenters. The van der Waals surface area contributed by atoms with Crippen LogP contribution in [-0.4, -0.2) is 37.6 Å². The molecule has 100 valence electrons. The van der Waals surface area contributed by atoms with Gasteiger partial charge >= 0.3 is 0 Å². The number of ether oxygens (including phenoxy) is 1. The molecule has 0 aromatic heterocycles. The van der Waals surface area contributed by atoms with Crippen molar-refractivity contribution in [2.75, 3.05) is 31.7 Å². The third-order valence-corrected chi connectivity index (χ3v) is 2.32. The smallest absolute Gasteiger partial charge is 0.241 e. The molecule has 0 radical (unpaired) electrons. The summed E-state index contributed by atoms with van der Waals surface area (Å²) in [5.41, 5.74) is 7.22. The summed E-state index contributed by atoms with van der Waals surface area (Å²) >= 11 is 0. The molecule has 1 amide bonds. The Morgan fingerprint density at radius 2 is 2.11 bits per heavy atom. The van der Waals surface area contributed by atoms with Gasteiger partial charge in [0.25, 0.3) is 0 Å². The van der Waals surface area contributed by atoms with Crippen LogP contribution in [0.4, 0.5) is 11.4 Å². The summed E-state index contributed by atoms with van der Waals surface area (Å²) in [5, 5.41) is 3.04. The van der Waals surface area contributed by atoms with Gasteiger partial charge in [-0.1, -0.05) is 0 Å². The molecule has 0 heterocycles. The molecule has 0 spiro atoms. The number of nitrogens with zero attached hydrogens (tertiary/aromatic N) is 1. The highest BCUT2D eigenvalue weighted by Gasteiger charge is 2.07. The van der Waals surface area contributed by atoms with Gasteiger partial charge < -0.3 is 20.7 Å². The minimum Gasteiger partial charge on any atom is -0.489 e. The Morgan fingerprint density at radius 3 is 2.67 bits per heavy atom. The molecule has 0 atom stereocenters. The summed E-state index contributed by atoms with van der Waals surface area (Å²) in [6.45, 7) is 4.13. The quantitative estimate of drug-likeness (QED) is 0.779. The number of hydrogen-bond acceptors (Lipinski definition) is 4. The van der Waals surface area contributed by atoms with Gasteiger partial charge in [0.1, 0.15) is 5.75 Å². The van der Waals surface area contributed by atoms with Crippen LogP contribution in [0.15, 0.2) is 18.2 Å². The molecule has 0 fully saturated rings. The lowest BCUT2D eigenvalue weighted by atomic mass is 10.2. The van der Waals surface area contributed by atoms with E-state index in [4.69, 9.17) is 10.5 Å². The molecular weight excluding hydrogens is 230 g/mol. The van der Waals surface area contributed by atoms with Crippen LogP contribution in [-0.2, 0) is 4.79 Å². The van der Waals surface area contributed by atoms with Crippen molar-refractivity contribution in [3.63, 3.8) is 0 Å². The van der Waals surface area contributed by atoms with Crippen molar-refractivity contribution in [1.82, 2.24) is 4.90 Å². The number of amides is 1. The number of anilines is 2. The maximum Gasteiger partial charge on any atom is 0.241 e. The van der Waals surface area contributed by atoms with Crippen LogP contribution in [0.1, 0.15) is 13.8 Å². The molecule has 1 rings (SSSR count). The molecule has 0 saturated carbocycles. The normalized spacial score (nSPS) is 10.3. The molecule has 1 aromatic rings. The lowest BCUT2D eigenvalue weighted by Gasteiger charge is -2.15. The Hall–Kier alpha value is -1.91. The monoisotopic (exact) mass is 251 g/mol. The summed E-state index contributed by atoms with van der Waals surface area (Å²) in [6, 6.07) is 5.39. The predicted octanol–water partition coefficient (Wildman–Crippen LogP) is 1.56. The van der Waals surface area contributed by atoms with Gasteiger partial charge in [-0.25, -0.2) is 0 Å². The SMILES string of the molecule is CC(C)Oc1cc(NCC(=O)N(C)C)ccc1N. The second-order valence-corrected chi connectivity index (χ2v) is 4.56. The van der Waals surface area contributed by atoms with Gasteiger partial charge in [-0.15, -0.1) is 0 Å². The van der Waals surface area contributed by atoms with Gasteiger partial charge in [-0.05, 0) is 26.0 Å². The zero-order valence-electron chi connectivity index (χ0n) is 11.4. The molecule has 0 aliphatic heterocycles. The van der Waals surface area contributed by atoms with Crippen LogP contribution in [0.25, 0.3) is 0 Å². The van der Waals surface area contributed by atoms with E-state index in [9.17, 15) is 4.79 Å². The Balaban J connectivity index is 2.70. The minimum atomic E-state index is 0.0122. The highest BCUT2D eigenvalue weighted by molar-refractivity contribution is 5.80. The van der Waals surface area contributed by atoms with E-state index in [0.29, 0.717) is 11.4 Å². The Labute approximate surface area is 108 Å². The third kappa shape index (κ3) is 4.16. The highest BCUT2D eigenvalue weighted by Crippen LogP contribution is 2.26. The van der Waals surface area contributed by atoms with Crippen molar-refractivity contribution in [2.24, 2.45) is 0 Å². The standard InChI is InChI=1S/C13H21N3O2/c1-9(2)18-12-7-10(5-6-11(12)14)15-8-13(17)16(3)4/h5-7,9,15H,8,14H2,1-4H3. The second-order valence-electron chi connectivity index (χ2n) is 4.56. The molecule has 5 nitrogen and oxygen atoms in total. The van der Waals surface area contributed by atoms with E-state index in [0.717, 1.165) is 5.69 Å². The maximum atomic E-state index is 11.5. The first-order valence-corrected chi connectivity index (χ1v) is 5.90. The van der Waals surface area contributed by atoms with E-state index in [-0.39, 0.29) is 18.6 Å². The number of nitrogens with two attached hydrogens (primary N) is 1. The molecule has 0 aliphatic carbocycles. The van der Waals surface area contributed by atoms with E-state index >= 15 is 0 Å². The molecule has 0 saturated heterocycles. The molecule has 0 aliphatic rings. The number of rotatable bonds is 5.